The SMILES string of the molecule is O=C(c1cccnc1)N1CCCC(c2cc(CCO)[nH]n2)C1. The van der Waals surface area contributed by atoms with Crippen molar-refractivity contribution >= 4 is 5.91 Å². The van der Waals surface area contributed by atoms with Gasteiger partial charge in [-0.25, -0.2) is 0 Å². The minimum Gasteiger partial charge on any atom is -0.396 e. The zero-order chi connectivity index (χ0) is 15.4. The van der Waals surface area contributed by atoms with Crippen molar-refractivity contribution < 1.29 is 9.90 Å². The molecule has 0 aliphatic carbocycles. The highest BCUT2D eigenvalue weighted by atomic mass is 16.3. The number of aromatic amines is 1. The van der Waals surface area contributed by atoms with Gasteiger partial charge in [-0.3, -0.25) is 14.9 Å². The summed E-state index contributed by atoms with van der Waals surface area (Å²) in [7, 11) is 0. The summed E-state index contributed by atoms with van der Waals surface area (Å²) in [5.41, 5.74) is 2.55. The van der Waals surface area contributed by atoms with E-state index in [-0.39, 0.29) is 18.4 Å². The number of amides is 1. The predicted molar refractivity (Wildman–Crippen MR) is 81.5 cm³/mol. The van der Waals surface area contributed by atoms with Crippen LogP contribution >= 0.6 is 0 Å². The molecule has 3 heterocycles. The molecule has 0 saturated carbocycles. The van der Waals surface area contributed by atoms with E-state index in [1.54, 1.807) is 24.5 Å². The van der Waals surface area contributed by atoms with Gasteiger partial charge in [-0.05, 0) is 31.0 Å². The number of hydrogen-bond donors (Lipinski definition) is 2. The number of likely N-dealkylation sites (tertiary alicyclic amines) is 1. The van der Waals surface area contributed by atoms with Crippen LogP contribution in [0.3, 0.4) is 0 Å². The van der Waals surface area contributed by atoms with Crippen molar-refractivity contribution in [2.24, 2.45) is 0 Å². The van der Waals surface area contributed by atoms with Crippen molar-refractivity contribution in [3.63, 3.8) is 0 Å². The average Bonchev–Trinajstić information content (AvgIpc) is 3.04. The van der Waals surface area contributed by atoms with Gasteiger partial charge in [-0.15, -0.1) is 0 Å². The van der Waals surface area contributed by atoms with Crippen LogP contribution in [0.5, 0.6) is 0 Å². The van der Waals surface area contributed by atoms with E-state index in [0.29, 0.717) is 18.5 Å². The molecule has 3 rings (SSSR count). The van der Waals surface area contributed by atoms with E-state index in [0.717, 1.165) is 30.8 Å². The van der Waals surface area contributed by atoms with Crippen LogP contribution in [0.15, 0.2) is 30.6 Å². The molecule has 0 aromatic carbocycles. The predicted octanol–water partition coefficient (Wildman–Crippen LogP) is 1.36. The third-order valence-corrected chi connectivity index (χ3v) is 4.07. The summed E-state index contributed by atoms with van der Waals surface area (Å²) in [6, 6.07) is 5.58. The summed E-state index contributed by atoms with van der Waals surface area (Å²) >= 11 is 0. The second kappa shape index (κ2) is 6.70. The molecule has 1 aliphatic heterocycles. The lowest BCUT2D eigenvalue weighted by atomic mass is 9.94. The number of nitrogens with one attached hydrogen (secondary N) is 1. The van der Waals surface area contributed by atoms with Crippen molar-refractivity contribution in [3.05, 3.63) is 47.5 Å². The number of aliphatic hydroxyl groups excluding tert-OH is 1. The Hall–Kier alpha value is -2.21. The van der Waals surface area contributed by atoms with Crippen LogP contribution < -0.4 is 0 Å². The summed E-state index contributed by atoms with van der Waals surface area (Å²) in [5.74, 6) is 0.280. The molecule has 1 atom stereocenters. The first-order chi connectivity index (χ1) is 10.8. The number of piperidine rings is 1. The summed E-state index contributed by atoms with van der Waals surface area (Å²) < 4.78 is 0. The second-order valence-corrected chi connectivity index (χ2v) is 5.62. The molecular weight excluding hydrogens is 280 g/mol. The third-order valence-electron chi connectivity index (χ3n) is 4.07. The molecule has 2 N–H and O–H groups in total. The zero-order valence-corrected chi connectivity index (χ0v) is 12.4. The number of aliphatic hydroxyl groups is 1. The van der Waals surface area contributed by atoms with Gasteiger partial charge in [0.25, 0.3) is 5.91 Å². The molecule has 1 unspecified atom stereocenters. The molecule has 0 spiro atoms. The van der Waals surface area contributed by atoms with Crippen LogP contribution in [-0.4, -0.2) is 50.8 Å². The van der Waals surface area contributed by atoms with E-state index in [1.807, 2.05) is 11.0 Å². The lowest BCUT2D eigenvalue weighted by Gasteiger charge is -2.32. The molecule has 6 nitrogen and oxygen atoms in total. The first-order valence-electron chi connectivity index (χ1n) is 7.62. The van der Waals surface area contributed by atoms with Gasteiger partial charge in [0, 0.05) is 50.1 Å². The maximum absolute atomic E-state index is 12.5. The highest BCUT2D eigenvalue weighted by molar-refractivity contribution is 5.93. The normalized spacial score (nSPS) is 18.4. The van der Waals surface area contributed by atoms with E-state index >= 15 is 0 Å². The molecule has 22 heavy (non-hydrogen) atoms. The second-order valence-electron chi connectivity index (χ2n) is 5.62. The lowest BCUT2D eigenvalue weighted by molar-refractivity contribution is 0.0705. The monoisotopic (exact) mass is 300 g/mol. The van der Waals surface area contributed by atoms with Crippen molar-refractivity contribution in [1.29, 1.82) is 0 Å². The largest absolute Gasteiger partial charge is 0.396 e. The van der Waals surface area contributed by atoms with Crippen molar-refractivity contribution in [2.45, 2.75) is 25.2 Å². The molecule has 1 saturated heterocycles. The van der Waals surface area contributed by atoms with Gasteiger partial charge in [0.2, 0.25) is 0 Å². The van der Waals surface area contributed by atoms with Crippen LogP contribution in [0.25, 0.3) is 0 Å². The summed E-state index contributed by atoms with van der Waals surface area (Å²) in [6.07, 6.45) is 5.86. The maximum atomic E-state index is 12.5. The van der Waals surface area contributed by atoms with Gasteiger partial charge >= 0.3 is 0 Å². The van der Waals surface area contributed by atoms with Crippen molar-refractivity contribution in [3.8, 4) is 0 Å². The first kappa shape index (κ1) is 14.7. The Bertz CT molecular complexity index is 626. The molecule has 0 bridgehead atoms. The van der Waals surface area contributed by atoms with Gasteiger partial charge in [-0.1, -0.05) is 0 Å². The summed E-state index contributed by atoms with van der Waals surface area (Å²) in [6.45, 7) is 1.56. The third kappa shape index (κ3) is 3.17. The minimum absolute atomic E-state index is 0.0314. The Morgan fingerprint density at radius 1 is 1.50 bits per heavy atom. The fourth-order valence-electron chi connectivity index (χ4n) is 2.91. The summed E-state index contributed by atoms with van der Waals surface area (Å²) in [4.78, 5) is 18.4. The Morgan fingerprint density at radius 2 is 2.41 bits per heavy atom. The van der Waals surface area contributed by atoms with Gasteiger partial charge < -0.3 is 10.0 Å². The quantitative estimate of drug-likeness (QED) is 0.893. The maximum Gasteiger partial charge on any atom is 0.255 e. The number of aromatic nitrogens is 3. The van der Waals surface area contributed by atoms with Gasteiger partial charge in [0.05, 0.1) is 11.3 Å². The average molecular weight is 300 g/mol. The number of H-pyrrole nitrogens is 1. The highest BCUT2D eigenvalue weighted by Gasteiger charge is 2.27. The number of carbonyl (C=O) groups is 1. The van der Waals surface area contributed by atoms with Crippen molar-refractivity contribution in [2.75, 3.05) is 19.7 Å². The fraction of sp³-hybridized carbons (Fsp3) is 0.438. The molecule has 2 aromatic heterocycles. The van der Waals surface area contributed by atoms with E-state index in [4.69, 9.17) is 5.11 Å². The van der Waals surface area contributed by atoms with Crippen LogP contribution in [0.1, 0.15) is 40.5 Å². The summed E-state index contributed by atoms with van der Waals surface area (Å²) in [5, 5.41) is 16.3. The molecule has 116 valence electrons. The first-order valence-corrected chi connectivity index (χ1v) is 7.62. The lowest BCUT2D eigenvalue weighted by Crippen LogP contribution is -2.39. The van der Waals surface area contributed by atoms with Crippen LogP contribution in [0, 0.1) is 0 Å². The molecule has 0 radical (unpaired) electrons. The van der Waals surface area contributed by atoms with E-state index in [2.05, 4.69) is 15.2 Å². The van der Waals surface area contributed by atoms with Crippen molar-refractivity contribution in [1.82, 2.24) is 20.1 Å². The smallest absolute Gasteiger partial charge is 0.255 e. The van der Waals surface area contributed by atoms with E-state index in [9.17, 15) is 4.79 Å². The number of hydrogen-bond acceptors (Lipinski definition) is 4. The standard InChI is InChI=1S/C16H20N4O2/c21-8-5-14-9-15(19-18-14)13-4-2-7-20(11-13)16(22)12-3-1-6-17-10-12/h1,3,6,9-10,13,21H,2,4-5,7-8,11H2,(H,18,19). The zero-order valence-electron chi connectivity index (χ0n) is 12.4. The topological polar surface area (TPSA) is 82.1 Å². The molecule has 1 aliphatic rings. The Labute approximate surface area is 129 Å². The molecular formula is C16H20N4O2. The van der Waals surface area contributed by atoms with Gasteiger partial charge in [0.1, 0.15) is 0 Å². The number of carbonyl (C=O) groups excluding carboxylic acids is 1. The van der Waals surface area contributed by atoms with Crippen LogP contribution in [-0.2, 0) is 6.42 Å². The van der Waals surface area contributed by atoms with E-state index < -0.39 is 0 Å². The Kier molecular flexibility index (Phi) is 4.48. The number of pyridine rings is 1. The van der Waals surface area contributed by atoms with Gasteiger partial charge in [-0.2, -0.15) is 5.10 Å². The Morgan fingerprint density at radius 3 is 3.18 bits per heavy atom. The number of nitrogens with zero attached hydrogens (tertiary/aromatic N) is 3. The minimum atomic E-state index is 0.0314. The fourth-order valence-corrected chi connectivity index (χ4v) is 2.91. The van der Waals surface area contributed by atoms with Gasteiger partial charge in [0.15, 0.2) is 0 Å². The molecule has 1 fully saturated rings. The molecule has 2 aromatic rings. The van der Waals surface area contributed by atoms with Crippen LogP contribution in [0.2, 0.25) is 0 Å². The Balaban J connectivity index is 1.69. The van der Waals surface area contributed by atoms with E-state index in [1.165, 1.54) is 0 Å². The highest BCUT2D eigenvalue weighted by Crippen LogP contribution is 2.26. The number of rotatable bonds is 4. The molecule has 6 heteroatoms. The van der Waals surface area contributed by atoms with Crippen LogP contribution in [0.4, 0.5) is 0 Å². The molecule has 1 amide bonds.